The third-order valence-corrected chi connectivity index (χ3v) is 5.96. The summed E-state index contributed by atoms with van der Waals surface area (Å²) in [6.45, 7) is 0. The van der Waals surface area contributed by atoms with Gasteiger partial charge in [0, 0.05) is 19.3 Å². The lowest BCUT2D eigenvalue weighted by Gasteiger charge is -2.25. The van der Waals surface area contributed by atoms with Gasteiger partial charge >= 0.3 is 11.9 Å². The minimum atomic E-state index is -1.78. The number of nitrogens with one attached hydrogen (secondary N) is 3. The van der Waals surface area contributed by atoms with Crippen LogP contribution in [-0.4, -0.2) is 75.1 Å². The van der Waals surface area contributed by atoms with Crippen LogP contribution >= 0.6 is 0 Å². The molecule has 0 saturated heterocycles. The van der Waals surface area contributed by atoms with Crippen LogP contribution in [0.4, 0.5) is 0 Å². The van der Waals surface area contributed by atoms with E-state index in [4.69, 9.17) is 16.6 Å². The Morgan fingerprint density at radius 2 is 1.20 bits per heavy atom. The second kappa shape index (κ2) is 15.6. The summed E-state index contributed by atoms with van der Waals surface area (Å²) in [5.41, 5.74) is 12.1. The molecule has 2 aromatic rings. The van der Waals surface area contributed by atoms with Crippen LogP contribution < -0.4 is 27.4 Å². The molecule has 220 valence electrons. The fourth-order valence-corrected chi connectivity index (χ4v) is 3.76. The molecule has 0 aliphatic heterocycles. The second-order valence-electron chi connectivity index (χ2n) is 9.29. The van der Waals surface area contributed by atoms with E-state index < -0.39 is 66.2 Å². The highest BCUT2D eigenvalue weighted by atomic mass is 16.4. The lowest BCUT2D eigenvalue weighted by atomic mass is 10.0. The molecule has 0 radical (unpaired) electrons. The number of carbonyl (C=O) groups is 6. The SMILES string of the molecule is NC(=O)CCC(N)C(=O)NC(Cc1ccccc1)C(=O)NC(Cc1ccc(O)cc1)C(=O)NC(CC(=O)O)C(=O)O. The molecule has 4 amide bonds. The number of aliphatic carboxylic acids is 2. The van der Waals surface area contributed by atoms with Gasteiger partial charge in [0.05, 0.1) is 12.5 Å². The smallest absolute Gasteiger partial charge is 0.326 e. The number of phenolic OH excluding ortho intramolecular Hbond substituents is 1. The first-order chi connectivity index (χ1) is 19.3. The van der Waals surface area contributed by atoms with Crippen molar-refractivity contribution < 1.29 is 44.1 Å². The minimum absolute atomic E-state index is 0.00866. The molecule has 4 unspecified atom stereocenters. The van der Waals surface area contributed by atoms with Crippen molar-refractivity contribution in [2.75, 3.05) is 0 Å². The maximum atomic E-state index is 13.5. The zero-order valence-corrected chi connectivity index (χ0v) is 22.0. The first kappa shape index (κ1) is 32.2. The van der Waals surface area contributed by atoms with Crippen molar-refractivity contribution in [3.63, 3.8) is 0 Å². The summed E-state index contributed by atoms with van der Waals surface area (Å²) in [6.07, 6.45) is -1.30. The molecule has 0 aromatic heterocycles. The number of carboxylic acid groups (broad SMARTS) is 2. The van der Waals surface area contributed by atoms with Gasteiger partial charge in [0.25, 0.3) is 0 Å². The largest absolute Gasteiger partial charge is 0.508 e. The second-order valence-corrected chi connectivity index (χ2v) is 9.29. The predicted octanol–water partition coefficient (Wildman–Crippen LogP) is -1.22. The maximum absolute atomic E-state index is 13.5. The van der Waals surface area contributed by atoms with E-state index in [1.807, 2.05) is 0 Å². The van der Waals surface area contributed by atoms with E-state index in [0.29, 0.717) is 11.1 Å². The van der Waals surface area contributed by atoms with Crippen LogP contribution in [0.3, 0.4) is 0 Å². The molecule has 41 heavy (non-hydrogen) atoms. The molecule has 0 bridgehead atoms. The lowest BCUT2D eigenvalue weighted by Crippen LogP contribution is -2.58. The van der Waals surface area contributed by atoms with E-state index in [1.54, 1.807) is 30.3 Å². The van der Waals surface area contributed by atoms with Gasteiger partial charge in [-0.2, -0.15) is 0 Å². The Morgan fingerprint density at radius 3 is 1.68 bits per heavy atom. The van der Waals surface area contributed by atoms with Crippen molar-refractivity contribution in [3.8, 4) is 5.75 Å². The summed E-state index contributed by atoms with van der Waals surface area (Å²) >= 11 is 0. The van der Waals surface area contributed by atoms with Crippen LogP contribution in [0.5, 0.6) is 5.75 Å². The molecule has 0 fully saturated rings. The lowest BCUT2D eigenvalue weighted by molar-refractivity contribution is -0.147. The molecule has 4 atom stereocenters. The monoisotopic (exact) mass is 571 g/mol. The van der Waals surface area contributed by atoms with E-state index >= 15 is 0 Å². The summed E-state index contributed by atoms with van der Waals surface area (Å²) in [4.78, 5) is 73.0. The first-order valence-corrected chi connectivity index (χ1v) is 12.6. The van der Waals surface area contributed by atoms with Crippen LogP contribution in [0.2, 0.25) is 0 Å². The Kier molecular flexibility index (Phi) is 12.2. The molecule has 10 N–H and O–H groups in total. The highest BCUT2D eigenvalue weighted by Gasteiger charge is 2.31. The van der Waals surface area contributed by atoms with Crippen molar-refractivity contribution in [1.82, 2.24) is 16.0 Å². The van der Waals surface area contributed by atoms with E-state index in [1.165, 1.54) is 24.3 Å². The van der Waals surface area contributed by atoms with Crippen LogP contribution in [0, 0.1) is 0 Å². The molecule has 0 saturated carbocycles. The van der Waals surface area contributed by atoms with Gasteiger partial charge in [-0.25, -0.2) is 4.79 Å². The molecule has 14 heteroatoms. The molecular formula is C27H33N5O9. The van der Waals surface area contributed by atoms with Crippen molar-refractivity contribution in [2.45, 2.75) is 56.3 Å². The van der Waals surface area contributed by atoms with E-state index in [9.17, 15) is 39.0 Å². The normalized spacial score (nSPS) is 13.6. The zero-order chi connectivity index (χ0) is 30.5. The minimum Gasteiger partial charge on any atom is -0.508 e. The van der Waals surface area contributed by atoms with Gasteiger partial charge in [0.2, 0.25) is 23.6 Å². The quantitative estimate of drug-likeness (QED) is 0.119. The number of benzene rings is 2. The highest BCUT2D eigenvalue weighted by Crippen LogP contribution is 2.13. The summed E-state index contributed by atoms with van der Waals surface area (Å²) in [6, 6.07) is 8.71. The molecule has 0 heterocycles. The molecule has 0 spiro atoms. The third kappa shape index (κ3) is 11.3. The Bertz CT molecular complexity index is 1240. The Hall–Kier alpha value is -4.98. The van der Waals surface area contributed by atoms with Gasteiger partial charge in [0.15, 0.2) is 0 Å². The van der Waals surface area contributed by atoms with E-state index in [0.717, 1.165) is 0 Å². The van der Waals surface area contributed by atoms with Crippen LogP contribution in [0.15, 0.2) is 54.6 Å². The van der Waals surface area contributed by atoms with Gasteiger partial charge < -0.3 is 42.7 Å². The average Bonchev–Trinajstić information content (AvgIpc) is 2.91. The number of primary amides is 1. The average molecular weight is 572 g/mol. The molecule has 14 nitrogen and oxygen atoms in total. The zero-order valence-electron chi connectivity index (χ0n) is 22.0. The molecule has 0 aliphatic carbocycles. The standard InChI is InChI=1S/C27H33N5O9/c28-18(10-11-22(29)34)24(37)30-19(12-15-4-2-1-3-5-15)25(38)31-20(13-16-6-8-17(33)9-7-16)26(39)32-21(27(40)41)14-23(35)36/h1-9,18-21,33H,10-14,28H2,(H2,29,34)(H,30,37)(H,31,38)(H,32,39)(H,35,36)(H,40,41). The summed E-state index contributed by atoms with van der Waals surface area (Å²) in [7, 11) is 0. The highest BCUT2D eigenvalue weighted by molar-refractivity contribution is 5.95. The van der Waals surface area contributed by atoms with Crippen molar-refractivity contribution in [2.24, 2.45) is 11.5 Å². The topological polar surface area (TPSA) is 251 Å². The van der Waals surface area contributed by atoms with E-state index in [-0.39, 0.29) is 31.4 Å². The Morgan fingerprint density at radius 1 is 0.707 bits per heavy atom. The summed E-state index contributed by atoms with van der Waals surface area (Å²) in [5.74, 6) is -6.29. The Labute approximate surface area is 235 Å². The van der Waals surface area contributed by atoms with Gasteiger partial charge in [-0.1, -0.05) is 42.5 Å². The van der Waals surface area contributed by atoms with Gasteiger partial charge in [-0.15, -0.1) is 0 Å². The fourth-order valence-electron chi connectivity index (χ4n) is 3.76. The predicted molar refractivity (Wildman–Crippen MR) is 144 cm³/mol. The number of hydrogen-bond donors (Lipinski definition) is 8. The number of hydrogen-bond acceptors (Lipinski definition) is 8. The van der Waals surface area contributed by atoms with E-state index in [2.05, 4.69) is 16.0 Å². The molecule has 2 rings (SSSR count). The summed E-state index contributed by atoms with van der Waals surface area (Å²) in [5, 5.41) is 35.1. The van der Waals surface area contributed by atoms with Crippen molar-refractivity contribution in [3.05, 3.63) is 65.7 Å². The number of phenols is 1. The number of rotatable bonds is 16. The van der Waals surface area contributed by atoms with Gasteiger partial charge in [-0.05, 0) is 29.7 Å². The van der Waals surface area contributed by atoms with Crippen molar-refractivity contribution >= 4 is 35.6 Å². The maximum Gasteiger partial charge on any atom is 0.326 e. The third-order valence-electron chi connectivity index (χ3n) is 5.96. The van der Waals surface area contributed by atoms with Crippen LogP contribution in [0.1, 0.15) is 30.4 Å². The summed E-state index contributed by atoms with van der Waals surface area (Å²) < 4.78 is 0. The van der Waals surface area contributed by atoms with Crippen molar-refractivity contribution in [1.29, 1.82) is 0 Å². The van der Waals surface area contributed by atoms with Gasteiger partial charge in [-0.3, -0.25) is 24.0 Å². The van der Waals surface area contributed by atoms with Gasteiger partial charge in [0.1, 0.15) is 23.9 Å². The Balaban J connectivity index is 2.32. The number of nitrogens with two attached hydrogens (primary N) is 2. The molecule has 2 aromatic carbocycles. The van der Waals surface area contributed by atoms with Crippen LogP contribution in [0.25, 0.3) is 0 Å². The molecule has 0 aliphatic rings. The number of amides is 4. The van der Waals surface area contributed by atoms with Crippen LogP contribution in [-0.2, 0) is 41.6 Å². The first-order valence-electron chi connectivity index (χ1n) is 12.6. The number of carboxylic acids is 2. The fraction of sp³-hybridized carbons (Fsp3) is 0.333. The molecular weight excluding hydrogens is 538 g/mol. The number of carbonyl (C=O) groups excluding carboxylic acids is 4. The number of aromatic hydroxyl groups is 1.